The van der Waals surface area contributed by atoms with E-state index in [-0.39, 0.29) is 6.10 Å². The van der Waals surface area contributed by atoms with Crippen LogP contribution in [0.15, 0.2) is 11.6 Å². The van der Waals surface area contributed by atoms with Gasteiger partial charge in [-0.1, -0.05) is 18.1 Å². The fraction of sp³-hybridized carbons (Fsp3) is 0.833. The van der Waals surface area contributed by atoms with Gasteiger partial charge in [-0.2, -0.15) is 0 Å². The average molecular weight is 180 g/mol. The second-order valence-corrected chi connectivity index (χ2v) is 4.53. The fourth-order valence-corrected chi connectivity index (χ4v) is 2.71. The Morgan fingerprint density at radius 2 is 2.00 bits per heavy atom. The SMILES string of the molecule is OC1CC/C=C2/CCCCC2CC1. The van der Waals surface area contributed by atoms with E-state index in [1.807, 2.05) is 0 Å². The lowest BCUT2D eigenvalue weighted by atomic mass is 9.79. The van der Waals surface area contributed by atoms with Gasteiger partial charge in [0.05, 0.1) is 6.10 Å². The van der Waals surface area contributed by atoms with Crippen molar-refractivity contribution >= 4 is 0 Å². The number of rotatable bonds is 0. The molecule has 0 aromatic heterocycles. The Bertz CT molecular complexity index is 195. The molecule has 1 nitrogen and oxygen atoms in total. The smallest absolute Gasteiger partial charge is 0.0543 e. The summed E-state index contributed by atoms with van der Waals surface area (Å²) in [6.07, 6.45) is 12.2. The summed E-state index contributed by atoms with van der Waals surface area (Å²) < 4.78 is 0. The van der Waals surface area contributed by atoms with Crippen molar-refractivity contribution in [3.63, 3.8) is 0 Å². The summed E-state index contributed by atoms with van der Waals surface area (Å²) in [7, 11) is 0. The van der Waals surface area contributed by atoms with Crippen molar-refractivity contribution in [1.82, 2.24) is 0 Å². The molecule has 2 aliphatic carbocycles. The standard InChI is InChI=1S/C12H20O/c13-12-7-3-6-10-4-1-2-5-11(10)8-9-12/h6,11-13H,1-5,7-9H2/b10-6-. The molecule has 0 aromatic rings. The highest BCUT2D eigenvalue weighted by Crippen LogP contribution is 2.34. The number of allylic oxidation sites excluding steroid dienone is 2. The summed E-state index contributed by atoms with van der Waals surface area (Å²) in [6, 6.07) is 0. The normalized spacial score (nSPS) is 39.6. The van der Waals surface area contributed by atoms with Gasteiger partial charge in [0.25, 0.3) is 0 Å². The van der Waals surface area contributed by atoms with Gasteiger partial charge in [0.2, 0.25) is 0 Å². The van der Waals surface area contributed by atoms with E-state index < -0.39 is 0 Å². The van der Waals surface area contributed by atoms with Crippen LogP contribution < -0.4 is 0 Å². The molecule has 2 rings (SSSR count). The van der Waals surface area contributed by atoms with Gasteiger partial charge in [0, 0.05) is 0 Å². The molecule has 2 atom stereocenters. The first-order chi connectivity index (χ1) is 6.36. The minimum atomic E-state index is -0.0280. The molecule has 74 valence electrons. The Hall–Kier alpha value is -0.300. The summed E-state index contributed by atoms with van der Waals surface area (Å²) in [5, 5.41) is 9.58. The molecule has 0 spiro atoms. The van der Waals surface area contributed by atoms with Crippen molar-refractivity contribution in [2.24, 2.45) is 5.92 Å². The van der Waals surface area contributed by atoms with Crippen LogP contribution in [0.2, 0.25) is 0 Å². The van der Waals surface area contributed by atoms with Crippen molar-refractivity contribution in [1.29, 1.82) is 0 Å². The van der Waals surface area contributed by atoms with E-state index in [1.54, 1.807) is 5.57 Å². The summed E-state index contributed by atoms with van der Waals surface area (Å²) >= 11 is 0. The summed E-state index contributed by atoms with van der Waals surface area (Å²) in [5.41, 5.74) is 1.71. The van der Waals surface area contributed by atoms with E-state index in [9.17, 15) is 5.11 Å². The van der Waals surface area contributed by atoms with Gasteiger partial charge in [-0.15, -0.1) is 0 Å². The molecule has 1 fully saturated rings. The summed E-state index contributed by atoms with van der Waals surface area (Å²) in [4.78, 5) is 0. The molecular weight excluding hydrogens is 160 g/mol. The third kappa shape index (κ3) is 2.34. The second kappa shape index (κ2) is 4.28. The molecule has 13 heavy (non-hydrogen) atoms. The van der Waals surface area contributed by atoms with Gasteiger partial charge in [-0.3, -0.25) is 0 Å². The number of aliphatic hydroxyl groups excluding tert-OH is 1. The first-order valence-electron chi connectivity index (χ1n) is 5.73. The van der Waals surface area contributed by atoms with Gasteiger partial charge in [-0.05, 0) is 50.9 Å². The lowest BCUT2D eigenvalue weighted by Gasteiger charge is -2.28. The Labute approximate surface area is 80.8 Å². The van der Waals surface area contributed by atoms with Crippen LogP contribution in [0.25, 0.3) is 0 Å². The topological polar surface area (TPSA) is 20.2 Å². The molecule has 2 aliphatic rings. The van der Waals surface area contributed by atoms with Gasteiger partial charge in [-0.25, -0.2) is 0 Å². The van der Waals surface area contributed by atoms with Crippen LogP contribution in [-0.4, -0.2) is 11.2 Å². The molecule has 1 heteroatoms. The van der Waals surface area contributed by atoms with Gasteiger partial charge >= 0.3 is 0 Å². The molecule has 2 unspecified atom stereocenters. The minimum Gasteiger partial charge on any atom is -0.393 e. The van der Waals surface area contributed by atoms with Crippen molar-refractivity contribution in [2.75, 3.05) is 0 Å². The Morgan fingerprint density at radius 3 is 2.92 bits per heavy atom. The maximum absolute atomic E-state index is 9.58. The van der Waals surface area contributed by atoms with E-state index in [2.05, 4.69) is 6.08 Å². The molecule has 1 saturated carbocycles. The van der Waals surface area contributed by atoms with E-state index in [4.69, 9.17) is 0 Å². The number of fused-ring (bicyclic) bond motifs is 1. The van der Waals surface area contributed by atoms with Crippen LogP contribution in [0.5, 0.6) is 0 Å². The van der Waals surface area contributed by atoms with Crippen LogP contribution in [-0.2, 0) is 0 Å². The van der Waals surface area contributed by atoms with Crippen molar-refractivity contribution in [3.8, 4) is 0 Å². The molecule has 0 bridgehead atoms. The molecule has 0 amide bonds. The molecule has 0 aliphatic heterocycles. The minimum absolute atomic E-state index is 0.0280. The highest BCUT2D eigenvalue weighted by Gasteiger charge is 2.21. The second-order valence-electron chi connectivity index (χ2n) is 4.53. The van der Waals surface area contributed by atoms with Gasteiger partial charge < -0.3 is 5.11 Å². The lowest BCUT2D eigenvalue weighted by Crippen LogP contribution is -2.16. The summed E-state index contributed by atoms with van der Waals surface area (Å²) in [5.74, 6) is 0.823. The van der Waals surface area contributed by atoms with Crippen LogP contribution >= 0.6 is 0 Å². The number of aliphatic hydroxyl groups is 1. The predicted octanol–water partition coefficient (Wildman–Crippen LogP) is 3.04. The average Bonchev–Trinajstić information content (AvgIpc) is 2.13. The quantitative estimate of drug-likeness (QED) is 0.568. The Morgan fingerprint density at radius 1 is 1.08 bits per heavy atom. The molecule has 0 heterocycles. The van der Waals surface area contributed by atoms with E-state index in [0.717, 1.165) is 25.2 Å². The van der Waals surface area contributed by atoms with Crippen molar-refractivity contribution < 1.29 is 5.11 Å². The first kappa shape index (κ1) is 9.26. The molecule has 0 saturated heterocycles. The van der Waals surface area contributed by atoms with Crippen LogP contribution in [0.3, 0.4) is 0 Å². The van der Waals surface area contributed by atoms with Crippen LogP contribution in [0.1, 0.15) is 51.4 Å². The monoisotopic (exact) mass is 180 g/mol. The van der Waals surface area contributed by atoms with E-state index >= 15 is 0 Å². The lowest BCUT2D eigenvalue weighted by molar-refractivity contribution is 0.143. The Kier molecular flexibility index (Phi) is 3.05. The number of hydrogen-bond acceptors (Lipinski definition) is 1. The zero-order valence-electron chi connectivity index (χ0n) is 8.34. The van der Waals surface area contributed by atoms with Crippen molar-refractivity contribution in [2.45, 2.75) is 57.5 Å². The van der Waals surface area contributed by atoms with Crippen LogP contribution in [0.4, 0.5) is 0 Å². The predicted molar refractivity (Wildman–Crippen MR) is 54.5 cm³/mol. The highest BCUT2D eigenvalue weighted by atomic mass is 16.3. The summed E-state index contributed by atoms with van der Waals surface area (Å²) in [6.45, 7) is 0. The number of hydrogen-bond donors (Lipinski definition) is 1. The van der Waals surface area contributed by atoms with Gasteiger partial charge in [0.15, 0.2) is 0 Å². The molecule has 0 aromatic carbocycles. The molecular formula is C12H20O. The zero-order chi connectivity index (χ0) is 9.10. The van der Waals surface area contributed by atoms with E-state index in [0.29, 0.717) is 0 Å². The fourth-order valence-electron chi connectivity index (χ4n) is 2.71. The maximum atomic E-state index is 9.58. The zero-order valence-corrected chi connectivity index (χ0v) is 8.34. The molecule has 0 radical (unpaired) electrons. The highest BCUT2D eigenvalue weighted by molar-refractivity contribution is 5.10. The first-order valence-corrected chi connectivity index (χ1v) is 5.73. The third-order valence-electron chi connectivity index (χ3n) is 3.55. The van der Waals surface area contributed by atoms with Crippen LogP contribution in [0, 0.1) is 5.92 Å². The van der Waals surface area contributed by atoms with E-state index in [1.165, 1.54) is 32.1 Å². The van der Waals surface area contributed by atoms with Gasteiger partial charge in [0.1, 0.15) is 0 Å². The van der Waals surface area contributed by atoms with Crippen molar-refractivity contribution in [3.05, 3.63) is 11.6 Å². The largest absolute Gasteiger partial charge is 0.393 e. The third-order valence-corrected chi connectivity index (χ3v) is 3.55. The maximum Gasteiger partial charge on any atom is 0.0543 e. The Balaban J connectivity index is 2.02. The molecule has 1 N–H and O–H groups in total.